The molecule has 0 aromatic carbocycles. The van der Waals surface area contributed by atoms with Gasteiger partial charge in [0.05, 0.1) is 17.7 Å². The van der Waals surface area contributed by atoms with Crippen molar-refractivity contribution in [2.75, 3.05) is 13.2 Å². The van der Waals surface area contributed by atoms with Crippen LogP contribution in [0.3, 0.4) is 0 Å². The third-order valence-electron chi connectivity index (χ3n) is 3.90. The van der Waals surface area contributed by atoms with E-state index in [4.69, 9.17) is 22.7 Å². The van der Waals surface area contributed by atoms with E-state index < -0.39 is 0 Å². The summed E-state index contributed by atoms with van der Waals surface area (Å²) in [5.41, 5.74) is 5.69. The number of fused-ring (bicyclic) bond motifs is 1. The summed E-state index contributed by atoms with van der Waals surface area (Å²) in [7, 11) is 0. The zero-order chi connectivity index (χ0) is 11.5. The van der Waals surface area contributed by atoms with Crippen LogP contribution in [0.2, 0.25) is 0 Å². The summed E-state index contributed by atoms with van der Waals surface area (Å²) >= 11 is 5.05. The molecule has 92 valence electrons. The fourth-order valence-electron chi connectivity index (χ4n) is 3.14. The summed E-state index contributed by atoms with van der Waals surface area (Å²) in [5.74, 6) is 0. The third kappa shape index (κ3) is 2.55. The molecule has 1 saturated heterocycles. The first-order chi connectivity index (χ1) is 7.72. The van der Waals surface area contributed by atoms with Crippen molar-refractivity contribution in [1.82, 2.24) is 4.90 Å². The average molecular weight is 242 g/mol. The molecule has 0 amide bonds. The SMILES string of the molecule is CCC(CC(N)=S)N1CCOC2CCCC21. The smallest absolute Gasteiger partial charge is 0.0743 e. The van der Waals surface area contributed by atoms with Crippen molar-refractivity contribution in [3.63, 3.8) is 0 Å². The largest absolute Gasteiger partial charge is 0.393 e. The summed E-state index contributed by atoms with van der Waals surface area (Å²) < 4.78 is 5.83. The number of rotatable bonds is 4. The molecule has 2 rings (SSSR count). The van der Waals surface area contributed by atoms with Crippen LogP contribution in [0.4, 0.5) is 0 Å². The van der Waals surface area contributed by atoms with Crippen LogP contribution < -0.4 is 5.73 Å². The maximum Gasteiger partial charge on any atom is 0.0743 e. The number of nitrogens with two attached hydrogens (primary N) is 1. The average Bonchev–Trinajstić information content (AvgIpc) is 2.73. The predicted octanol–water partition coefficient (Wildman–Crippen LogP) is 1.69. The van der Waals surface area contributed by atoms with E-state index in [1.165, 1.54) is 19.3 Å². The Morgan fingerprint density at radius 2 is 2.38 bits per heavy atom. The molecule has 1 saturated carbocycles. The molecule has 0 aromatic heterocycles. The number of thiocarbonyl (C=S) groups is 1. The first-order valence-electron chi connectivity index (χ1n) is 6.38. The first-order valence-corrected chi connectivity index (χ1v) is 6.79. The summed E-state index contributed by atoms with van der Waals surface area (Å²) in [4.78, 5) is 3.24. The Balaban J connectivity index is 2.02. The highest BCUT2D eigenvalue weighted by atomic mass is 32.1. The molecule has 0 bridgehead atoms. The highest BCUT2D eigenvalue weighted by Gasteiger charge is 2.38. The number of morpholine rings is 1. The van der Waals surface area contributed by atoms with Crippen molar-refractivity contribution in [2.24, 2.45) is 5.73 Å². The minimum absolute atomic E-state index is 0.467. The normalized spacial score (nSPS) is 32.3. The van der Waals surface area contributed by atoms with Gasteiger partial charge in [-0.05, 0) is 25.7 Å². The Morgan fingerprint density at radius 3 is 3.06 bits per heavy atom. The van der Waals surface area contributed by atoms with Gasteiger partial charge in [0.15, 0.2) is 0 Å². The molecule has 3 nitrogen and oxygen atoms in total. The molecule has 3 atom stereocenters. The fraction of sp³-hybridized carbons (Fsp3) is 0.917. The van der Waals surface area contributed by atoms with Crippen LogP contribution in [0.1, 0.15) is 39.0 Å². The fourth-order valence-corrected chi connectivity index (χ4v) is 3.33. The lowest BCUT2D eigenvalue weighted by atomic mass is 10.0. The Bertz CT molecular complexity index is 259. The Kier molecular flexibility index (Phi) is 4.16. The Labute approximate surface area is 103 Å². The minimum Gasteiger partial charge on any atom is -0.393 e. The van der Waals surface area contributed by atoms with Crippen LogP contribution in [-0.4, -0.2) is 41.2 Å². The van der Waals surface area contributed by atoms with Crippen LogP contribution in [-0.2, 0) is 4.74 Å². The molecule has 0 radical (unpaired) electrons. The molecule has 1 aliphatic heterocycles. The molecule has 16 heavy (non-hydrogen) atoms. The second-order valence-corrected chi connectivity index (χ2v) is 5.40. The Hall–Kier alpha value is -0.190. The molecule has 2 N–H and O–H groups in total. The molecule has 2 aliphatic rings. The summed E-state index contributed by atoms with van der Waals surface area (Å²) in [6.07, 6.45) is 6.25. The van der Waals surface area contributed by atoms with E-state index in [0.29, 0.717) is 23.2 Å². The van der Waals surface area contributed by atoms with Gasteiger partial charge >= 0.3 is 0 Å². The van der Waals surface area contributed by atoms with Gasteiger partial charge in [-0.3, -0.25) is 4.90 Å². The van der Waals surface area contributed by atoms with Crippen molar-refractivity contribution in [3.05, 3.63) is 0 Å². The standard InChI is InChI=1S/C12H22N2OS/c1-2-9(8-12(13)16)14-6-7-15-11-5-3-4-10(11)14/h9-11H,2-8H2,1H3,(H2,13,16). The second-order valence-electron chi connectivity index (χ2n) is 4.88. The van der Waals surface area contributed by atoms with E-state index in [2.05, 4.69) is 11.8 Å². The van der Waals surface area contributed by atoms with E-state index in [0.717, 1.165) is 26.0 Å². The van der Waals surface area contributed by atoms with Gasteiger partial charge in [0.25, 0.3) is 0 Å². The van der Waals surface area contributed by atoms with Crippen molar-refractivity contribution < 1.29 is 4.74 Å². The van der Waals surface area contributed by atoms with Gasteiger partial charge in [0.1, 0.15) is 0 Å². The van der Waals surface area contributed by atoms with E-state index in [-0.39, 0.29) is 0 Å². The summed E-state index contributed by atoms with van der Waals surface area (Å²) in [6.45, 7) is 4.14. The highest BCUT2D eigenvalue weighted by Crippen LogP contribution is 2.32. The lowest BCUT2D eigenvalue weighted by Crippen LogP contribution is -2.53. The molecule has 1 heterocycles. The Morgan fingerprint density at radius 1 is 1.56 bits per heavy atom. The molecular weight excluding hydrogens is 220 g/mol. The van der Waals surface area contributed by atoms with Gasteiger partial charge in [-0.15, -0.1) is 0 Å². The molecule has 2 fully saturated rings. The van der Waals surface area contributed by atoms with Crippen molar-refractivity contribution in [3.8, 4) is 0 Å². The number of ether oxygens (including phenoxy) is 1. The number of hydrogen-bond donors (Lipinski definition) is 1. The topological polar surface area (TPSA) is 38.5 Å². The van der Waals surface area contributed by atoms with Crippen LogP contribution in [0, 0.1) is 0 Å². The van der Waals surface area contributed by atoms with Crippen molar-refractivity contribution in [1.29, 1.82) is 0 Å². The zero-order valence-electron chi connectivity index (χ0n) is 10.0. The lowest BCUT2D eigenvalue weighted by Gasteiger charge is -2.42. The molecular formula is C12H22N2OS. The first kappa shape index (κ1) is 12.3. The quantitative estimate of drug-likeness (QED) is 0.762. The second kappa shape index (κ2) is 5.43. The van der Waals surface area contributed by atoms with Crippen LogP contribution in [0.25, 0.3) is 0 Å². The van der Waals surface area contributed by atoms with Gasteiger partial charge in [0, 0.05) is 25.0 Å². The van der Waals surface area contributed by atoms with E-state index in [9.17, 15) is 0 Å². The maximum absolute atomic E-state index is 5.83. The number of hydrogen-bond acceptors (Lipinski definition) is 3. The van der Waals surface area contributed by atoms with Crippen molar-refractivity contribution in [2.45, 2.75) is 57.2 Å². The monoisotopic (exact) mass is 242 g/mol. The van der Waals surface area contributed by atoms with E-state index >= 15 is 0 Å². The van der Waals surface area contributed by atoms with Crippen molar-refractivity contribution >= 4 is 17.2 Å². The maximum atomic E-state index is 5.83. The number of nitrogens with zero attached hydrogens (tertiary/aromatic N) is 1. The predicted molar refractivity (Wildman–Crippen MR) is 69.6 cm³/mol. The summed E-state index contributed by atoms with van der Waals surface area (Å²) in [6, 6.07) is 1.14. The summed E-state index contributed by atoms with van der Waals surface area (Å²) in [5, 5.41) is 0. The van der Waals surface area contributed by atoms with Crippen LogP contribution >= 0.6 is 12.2 Å². The zero-order valence-corrected chi connectivity index (χ0v) is 10.8. The molecule has 0 spiro atoms. The van der Waals surface area contributed by atoms with E-state index in [1.807, 2.05) is 0 Å². The molecule has 4 heteroatoms. The molecule has 3 unspecified atom stereocenters. The van der Waals surface area contributed by atoms with Gasteiger partial charge in [-0.2, -0.15) is 0 Å². The van der Waals surface area contributed by atoms with Gasteiger partial charge in [-0.1, -0.05) is 19.1 Å². The van der Waals surface area contributed by atoms with E-state index in [1.54, 1.807) is 0 Å². The van der Waals surface area contributed by atoms with Crippen LogP contribution in [0.5, 0.6) is 0 Å². The van der Waals surface area contributed by atoms with Gasteiger partial charge in [0.2, 0.25) is 0 Å². The highest BCUT2D eigenvalue weighted by molar-refractivity contribution is 7.80. The molecule has 0 aromatic rings. The van der Waals surface area contributed by atoms with Gasteiger partial charge in [-0.25, -0.2) is 0 Å². The van der Waals surface area contributed by atoms with Crippen LogP contribution in [0.15, 0.2) is 0 Å². The minimum atomic E-state index is 0.467. The molecule has 1 aliphatic carbocycles. The third-order valence-corrected chi connectivity index (χ3v) is 4.07. The van der Waals surface area contributed by atoms with Gasteiger partial charge < -0.3 is 10.5 Å². The lowest BCUT2D eigenvalue weighted by molar-refractivity contribution is -0.0711.